The summed E-state index contributed by atoms with van der Waals surface area (Å²) in [5, 5.41) is 10.1. The molecule has 0 saturated carbocycles. The summed E-state index contributed by atoms with van der Waals surface area (Å²) in [5.41, 5.74) is 0. The summed E-state index contributed by atoms with van der Waals surface area (Å²) in [7, 11) is 6.99. The van der Waals surface area contributed by atoms with Gasteiger partial charge >= 0.3 is 7.82 Å². The Morgan fingerprint density at radius 1 is 1.11 bits per heavy atom. The molecule has 0 amide bonds. The summed E-state index contributed by atoms with van der Waals surface area (Å²) in [6.07, 6.45) is -4.04. The van der Waals surface area contributed by atoms with Crippen molar-refractivity contribution in [1.29, 1.82) is 0 Å². The average molecular weight is 418 g/mol. The smallest absolute Gasteiger partial charge is 0.388 e. The molecule has 3 unspecified atom stereocenters. The molecule has 0 aromatic rings. The molecular weight excluding hydrogens is 389 g/mol. The van der Waals surface area contributed by atoms with E-state index in [-0.39, 0.29) is 31.8 Å². The van der Waals surface area contributed by atoms with Crippen molar-refractivity contribution in [3.8, 4) is 0 Å². The third-order valence-corrected chi connectivity index (χ3v) is 5.31. The fourth-order valence-electron chi connectivity index (χ4n) is 3.05. The summed E-state index contributed by atoms with van der Waals surface area (Å²) in [6.45, 7) is 7.13. The predicted octanol–water partition coefficient (Wildman–Crippen LogP) is 0.245. The topological polar surface area (TPSA) is 113 Å². The van der Waals surface area contributed by atoms with Crippen LogP contribution in [0.2, 0.25) is 0 Å². The Bertz CT molecular complexity index is 538. The van der Waals surface area contributed by atoms with Gasteiger partial charge in [0.15, 0.2) is 0 Å². The third kappa shape index (κ3) is 7.07. The van der Waals surface area contributed by atoms with E-state index in [2.05, 4.69) is 0 Å². The van der Waals surface area contributed by atoms with Gasteiger partial charge in [-0.25, -0.2) is 4.57 Å². The van der Waals surface area contributed by atoms with Crippen molar-refractivity contribution < 1.29 is 42.6 Å². The number of aliphatic hydroxyl groups is 1. The lowest BCUT2D eigenvalue weighted by Gasteiger charge is -2.25. The number of hydrogen-bond acceptors (Lipinski definition) is 8. The highest BCUT2D eigenvalue weighted by Crippen LogP contribution is 2.47. The maximum absolute atomic E-state index is 12.4. The van der Waals surface area contributed by atoms with Crippen LogP contribution in [0.5, 0.6) is 0 Å². The summed E-state index contributed by atoms with van der Waals surface area (Å²) in [4.78, 5) is 10.1. The van der Waals surface area contributed by atoms with E-state index in [0.717, 1.165) is 0 Å². The molecule has 12 heteroatoms. The Hall–Kier alpha value is 0.0399. The minimum Gasteiger partial charge on any atom is -0.388 e. The van der Waals surface area contributed by atoms with Crippen LogP contribution in [0.4, 0.5) is 0 Å². The first-order valence-corrected chi connectivity index (χ1v) is 10.9. The van der Waals surface area contributed by atoms with Crippen LogP contribution in [0.1, 0.15) is 34.1 Å². The number of phosphoric ester groups is 1. The lowest BCUT2D eigenvalue weighted by molar-refractivity contribution is -0.0796. The molecule has 2 saturated heterocycles. The number of hydrogen-bond donors (Lipinski definition) is 2. The molecule has 9 nitrogen and oxygen atoms in total. The molecule has 0 bridgehead atoms. The van der Waals surface area contributed by atoms with Gasteiger partial charge in [0.25, 0.3) is 0 Å². The number of phosphoric acid groups is 1. The van der Waals surface area contributed by atoms with Crippen LogP contribution < -0.4 is 0 Å². The van der Waals surface area contributed by atoms with E-state index in [9.17, 15) is 14.6 Å². The molecule has 158 valence electrons. The van der Waals surface area contributed by atoms with E-state index in [4.69, 9.17) is 43.7 Å². The van der Waals surface area contributed by atoms with Crippen molar-refractivity contribution in [3.05, 3.63) is 0 Å². The van der Waals surface area contributed by atoms with Crippen LogP contribution in [-0.4, -0.2) is 93.6 Å². The molecule has 2 heterocycles. The number of rotatable bonds is 10. The number of aliphatic hydroxyl groups excluding tert-OH is 1. The first-order chi connectivity index (χ1) is 13.0. The second-order valence-corrected chi connectivity index (χ2v) is 8.92. The standard InChI is InChI=1S/C16H29B2O9P/c1-8(2)22-6-11-10(5-13(17)25-11)27-28(20,21)23-7-12-15(24-9(3)4)14(19)16(18)26-12/h8-16,19H,5-7H2,1-4H3,(H,20,21)/t10?,11-,12-,13-,14-,15?,16-/m1/s1. The molecule has 2 aliphatic rings. The van der Waals surface area contributed by atoms with Crippen LogP contribution in [0.15, 0.2) is 0 Å². The Kier molecular flexibility index (Phi) is 9.01. The zero-order chi connectivity index (χ0) is 21.1. The zero-order valence-corrected chi connectivity index (χ0v) is 17.6. The molecular formula is C16H29B2O9P. The summed E-state index contributed by atoms with van der Waals surface area (Å²) in [5.74, 6) is 0. The normalized spacial score (nSPS) is 38.4. The Morgan fingerprint density at radius 3 is 2.39 bits per heavy atom. The van der Waals surface area contributed by atoms with Crippen LogP contribution in [0.3, 0.4) is 0 Å². The molecule has 4 radical (unpaired) electrons. The minimum absolute atomic E-state index is 0.0358. The second-order valence-electron chi connectivity index (χ2n) is 7.52. The van der Waals surface area contributed by atoms with Gasteiger partial charge in [0.05, 0.1) is 31.5 Å². The van der Waals surface area contributed by atoms with Crippen molar-refractivity contribution in [2.45, 2.75) is 88.9 Å². The number of ether oxygens (including phenoxy) is 4. The first kappa shape index (κ1) is 24.3. The highest BCUT2D eigenvalue weighted by molar-refractivity contribution is 7.47. The Labute approximate surface area is 168 Å². The Balaban J connectivity index is 1.90. The zero-order valence-electron chi connectivity index (χ0n) is 16.7. The van der Waals surface area contributed by atoms with Crippen molar-refractivity contribution in [2.24, 2.45) is 0 Å². The molecule has 8 atom stereocenters. The van der Waals surface area contributed by atoms with E-state index in [1.165, 1.54) is 0 Å². The maximum Gasteiger partial charge on any atom is 0.472 e. The monoisotopic (exact) mass is 418 g/mol. The Morgan fingerprint density at radius 2 is 1.79 bits per heavy atom. The fourth-order valence-corrected chi connectivity index (χ4v) is 4.01. The summed E-state index contributed by atoms with van der Waals surface area (Å²) in [6, 6.07) is -1.60. The van der Waals surface area contributed by atoms with Crippen LogP contribution in [-0.2, 0) is 32.6 Å². The first-order valence-electron chi connectivity index (χ1n) is 9.41. The van der Waals surface area contributed by atoms with Crippen molar-refractivity contribution >= 4 is 23.5 Å². The summed E-state index contributed by atoms with van der Waals surface area (Å²) >= 11 is 0. The van der Waals surface area contributed by atoms with E-state index >= 15 is 0 Å². The average Bonchev–Trinajstić information content (AvgIpc) is 3.04. The van der Waals surface area contributed by atoms with Gasteiger partial charge in [-0.1, -0.05) is 0 Å². The molecule has 28 heavy (non-hydrogen) atoms. The van der Waals surface area contributed by atoms with Gasteiger partial charge < -0.3 is 28.9 Å². The van der Waals surface area contributed by atoms with Gasteiger partial charge in [0.2, 0.25) is 0 Å². The molecule has 2 fully saturated rings. The molecule has 2 rings (SSSR count). The minimum atomic E-state index is -4.45. The van der Waals surface area contributed by atoms with Crippen molar-refractivity contribution in [3.63, 3.8) is 0 Å². The maximum atomic E-state index is 12.4. The van der Waals surface area contributed by atoms with E-state index < -0.39 is 50.3 Å². The lowest BCUT2D eigenvalue weighted by atomic mass is 9.93. The quantitative estimate of drug-likeness (QED) is 0.381. The van der Waals surface area contributed by atoms with Gasteiger partial charge in [0, 0.05) is 12.0 Å². The van der Waals surface area contributed by atoms with Gasteiger partial charge in [-0.2, -0.15) is 0 Å². The van der Waals surface area contributed by atoms with Crippen LogP contribution in [0.25, 0.3) is 0 Å². The molecule has 0 aliphatic carbocycles. The van der Waals surface area contributed by atoms with Crippen LogP contribution in [0, 0.1) is 0 Å². The lowest BCUT2D eigenvalue weighted by Crippen LogP contribution is -2.39. The van der Waals surface area contributed by atoms with Gasteiger partial charge in [-0.05, 0) is 34.1 Å². The fraction of sp³-hybridized carbons (Fsp3) is 1.00. The van der Waals surface area contributed by atoms with E-state index in [1.807, 2.05) is 13.8 Å². The van der Waals surface area contributed by atoms with Gasteiger partial charge in [-0.15, -0.1) is 0 Å². The summed E-state index contributed by atoms with van der Waals surface area (Å²) < 4.78 is 44.7. The van der Waals surface area contributed by atoms with E-state index in [0.29, 0.717) is 0 Å². The third-order valence-electron chi connectivity index (χ3n) is 4.29. The molecule has 0 spiro atoms. The second kappa shape index (κ2) is 10.4. The SMILES string of the molecule is [B][C@@H]1O[C@H](COP(=O)(O)OC2C[C@H]([B])O[C@@H]2COC(C)C)C(OC(C)C)[C@H]1O. The van der Waals surface area contributed by atoms with Crippen molar-refractivity contribution in [2.75, 3.05) is 13.2 Å². The van der Waals surface area contributed by atoms with Crippen molar-refractivity contribution in [1.82, 2.24) is 0 Å². The highest BCUT2D eigenvalue weighted by Gasteiger charge is 2.44. The molecule has 2 aliphatic heterocycles. The molecule has 0 aromatic heterocycles. The largest absolute Gasteiger partial charge is 0.472 e. The highest BCUT2D eigenvalue weighted by atomic mass is 31.2. The molecule has 2 N–H and O–H groups in total. The predicted molar refractivity (Wildman–Crippen MR) is 101 cm³/mol. The van der Waals surface area contributed by atoms with E-state index in [1.54, 1.807) is 13.8 Å². The molecule has 0 aromatic carbocycles. The van der Waals surface area contributed by atoms with Gasteiger partial charge in [0.1, 0.15) is 40.1 Å². The van der Waals surface area contributed by atoms with Crippen LogP contribution >= 0.6 is 7.82 Å². The van der Waals surface area contributed by atoms with Gasteiger partial charge in [-0.3, -0.25) is 9.05 Å².